The number of nitrogens with zero attached hydrogens (tertiary/aromatic N) is 1. The number of ether oxygens (including phenoxy) is 1. The third kappa shape index (κ3) is 4.64. The number of hydrogen-bond donors (Lipinski definition) is 1. The summed E-state index contributed by atoms with van der Waals surface area (Å²) in [5.41, 5.74) is -0.103. The number of halogens is 3. The molecule has 138 valence electrons. The highest BCUT2D eigenvalue weighted by Crippen LogP contribution is 2.35. The zero-order valence-electron chi connectivity index (χ0n) is 13.8. The molecule has 1 N–H and O–H groups in total. The predicted molar refractivity (Wildman–Crippen MR) is 96.5 cm³/mol. The molecule has 1 aromatic carbocycles. The van der Waals surface area contributed by atoms with Gasteiger partial charge in [0.25, 0.3) is 0 Å². The molecule has 0 saturated carbocycles. The van der Waals surface area contributed by atoms with Gasteiger partial charge in [-0.3, -0.25) is 4.79 Å². The molecule has 4 nitrogen and oxygen atoms in total. The SMILES string of the molecule is O=C(C=Cc1cccs1)Nc1cc(C(F)(F)F)ccc1N1CCOCC1. The smallest absolute Gasteiger partial charge is 0.378 e. The molecule has 8 heteroatoms. The number of alkyl halides is 3. The molecule has 2 heterocycles. The fourth-order valence-electron chi connectivity index (χ4n) is 2.61. The molecule has 26 heavy (non-hydrogen) atoms. The number of anilines is 2. The minimum atomic E-state index is -4.48. The number of carbonyl (C=O) groups is 1. The first-order chi connectivity index (χ1) is 12.4. The Morgan fingerprint density at radius 1 is 1.23 bits per heavy atom. The molecule has 0 radical (unpaired) electrons. The molecule has 0 bridgehead atoms. The fourth-order valence-corrected chi connectivity index (χ4v) is 3.23. The average molecular weight is 382 g/mol. The van der Waals surface area contributed by atoms with Gasteiger partial charge in [0, 0.05) is 24.0 Å². The molecule has 3 rings (SSSR count). The van der Waals surface area contributed by atoms with E-state index in [-0.39, 0.29) is 5.69 Å². The van der Waals surface area contributed by atoms with Crippen molar-refractivity contribution < 1.29 is 22.7 Å². The van der Waals surface area contributed by atoms with Crippen LogP contribution >= 0.6 is 11.3 Å². The second-order valence-electron chi connectivity index (χ2n) is 5.67. The third-order valence-corrected chi connectivity index (χ3v) is 4.71. The Morgan fingerprint density at radius 2 is 2.00 bits per heavy atom. The zero-order valence-corrected chi connectivity index (χ0v) is 14.6. The van der Waals surface area contributed by atoms with E-state index in [0.29, 0.717) is 32.0 Å². The first-order valence-electron chi connectivity index (χ1n) is 8.00. The third-order valence-electron chi connectivity index (χ3n) is 3.88. The van der Waals surface area contributed by atoms with Crippen LogP contribution in [0.5, 0.6) is 0 Å². The summed E-state index contributed by atoms with van der Waals surface area (Å²) >= 11 is 1.47. The van der Waals surface area contributed by atoms with E-state index in [9.17, 15) is 18.0 Å². The Morgan fingerprint density at radius 3 is 2.65 bits per heavy atom. The van der Waals surface area contributed by atoms with Gasteiger partial charge in [0.15, 0.2) is 0 Å². The zero-order chi connectivity index (χ0) is 18.6. The summed E-state index contributed by atoms with van der Waals surface area (Å²) in [5.74, 6) is -0.479. The number of rotatable bonds is 4. The summed E-state index contributed by atoms with van der Waals surface area (Å²) in [4.78, 5) is 15.0. The normalized spacial score (nSPS) is 15.4. The van der Waals surface area contributed by atoms with Crippen LogP contribution in [-0.2, 0) is 15.7 Å². The van der Waals surface area contributed by atoms with Gasteiger partial charge in [-0.2, -0.15) is 13.2 Å². The number of morpholine rings is 1. The Bertz CT molecular complexity index is 782. The van der Waals surface area contributed by atoms with Gasteiger partial charge < -0.3 is 15.0 Å². The lowest BCUT2D eigenvalue weighted by molar-refractivity contribution is -0.137. The summed E-state index contributed by atoms with van der Waals surface area (Å²) in [6, 6.07) is 7.10. The van der Waals surface area contributed by atoms with Crippen LogP contribution in [0.1, 0.15) is 10.4 Å². The lowest BCUT2D eigenvalue weighted by atomic mass is 10.1. The van der Waals surface area contributed by atoms with E-state index in [2.05, 4.69) is 5.32 Å². The highest BCUT2D eigenvalue weighted by atomic mass is 32.1. The minimum absolute atomic E-state index is 0.141. The van der Waals surface area contributed by atoms with Crippen molar-refractivity contribution in [1.82, 2.24) is 0 Å². The molecule has 0 aliphatic carbocycles. The van der Waals surface area contributed by atoms with Crippen LogP contribution in [0.4, 0.5) is 24.5 Å². The van der Waals surface area contributed by atoms with Crippen LogP contribution in [0.2, 0.25) is 0 Å². The molecule has 1 aliphatic heterocycles. The lowest BCUT2D eigenvalue weighted by Crippen LogP contribution is -2.36. The summed E-state index contributed by atoms with van der Waals surface area (Å²) in [5, 5.41) is 4.46. The first-order valence-corrected chi connectivity index (χ1v) is 8.88. The highest BCUT2D eigenvalue weighted by Gasteiger charge is 2.31. The van der Waals surface area contributed by atoms with Gasteiger partial charge in [-0.15, -0.1) is 11.3 Å². The van der Waals surface area contributed by atoms with Gasteiger partial charge in [-0.1, -0.05) is 6.07 Å². The van der Waals surface area contributed by atoms with E-state index in [4.69, 9.17) is 4.74 Å². The van der Waals surface area contributed by atoms with Crippen molar-refractivity contribution in [3.8, 4) is 0 Å². The maximum atomic E-state index is 13.1. The molecule has 1 saturated heterocycles. The van der Waals surface area contributed by atoms with Gasteiger partial charge in [-0.25, -0.2) is 0 Å². The maximum absolute atomic E-state index is 13.1. The summed E-state index contributed by atoms with van der Waals surface area (Å²) in [7, 11) is 0. The van der Waals surface area contributed by atoms with Gasteiger partial charge in [0.1, 0.15) is 0 Å². The van der Waals surface area contributed by atoms with E-state index >= 15 is 0 Å². The van der Waals surface area contributed by atoms with Crippen molar-refractivity contribution in [2.45, 2.75) is 6.18 Å². The highest BCUT2D eigenvalue weighted by molar-refractivity contribution is 7.10. The number of carbonyl (C=O) groups excluding carboxylic acids is 1. The molecule has 2 aromatic rings. The number of hydrogen-bond acceptors (Lipinski definition) is 4. The van der Waals surface area contributed by atoms with Gasteiger partial charge >= 0.3 is 6.18 Å². The van der Waals surface area contributed by atoms with Crippen molar-refractivity contribution in [3.63, 3.8) is 0 Å². The summed E-state index contributed by atoms with van der Waals surface area (Å²) in [6.45, 7) is 2.10. The van der Waals surface area contributed by atoms with Crippen LogP contribution in [0.15, 0.2) is 41.8 Å². The molecule has 1 aliphatic rings. The van der Waals surface area contributed by atoms with E-state index in [1.54, 1.807) is 6.08 Å². The van der Waals surface area contributed by atoms with Crippen molar-refractivity contribution in [1.29, 1.82) is 0 Å². The van der Waals surface area contributed by atoms with E-state index in [0.717, 1.165) is 17.0 Å². The maximum Gasteiger partial charge on any atom is 0.416 e. The standard InChI is InChI=1S/C18H17F3N2O2S/c19-18(20,21)13-3-5-16(23-7-9-25-10-8-23)15(12-13)22-17(24)6-4-14-2-1-11-26-14/h1-6,11-12H,7-10H2,(H,22,24). The number of amides is 1. The van der Waals surface area contributed by atoms with Gasteiger partial charge in [-0.05, 0) is 35.7 Å². The van der Waals surface area contributed by atoms with Crippen molar-refractivity contribution in [2.24, 2.45) is 0 Å². The Kier molecular flexibility index (Phi) is 5.63. The van der Waals surface area contributed by atoms with Gasteiger partial charge in [0.2, 0.25) is 5.91 Å². The van der Waals surface area contributed by atoms with Crippen molar-refractivity contribution >= 4 is 34.7 Å². The summed E-state index contributed by atoms with van der Waals surface area (Å²) < 4.78 is 44.4. The van der Waals surface area contributed by atoms with E-state index < -0.39 is 17.6 Å². The van der Waals surface area contributed by atoms with Crippen LogP contribution in [0.3, 0.4) is 0 Å². The van der Waals surface area contributed by atoms with E-state index in [1.807, 2.05) is 22.4 Å². The van der Waals surface area contributed by atoms with Crippen LogP contribution in [-0.4, -0.2) is 32.2 Å². The molecular formula is C18H17F3N2O2S. The van der Waals surface area contributed by atoms with E-state index in [1.165, 1.54) is 23.5 Å². The second kappa shape index (κ2) is 7.92. The molecule has 1 aromatic heterocycles. The Hall–Kier alpha value is -2.32. The van der Waals surface area contributed by atoms with Crippen molar-refractivity contribution in [2.75, 3.05) is 36.5 Å². The number of nitrogens with one attached hydrogen (secondary N) is 1. The quantitative estimate of drug-likeness (QED) is 0.804. The Balaban J connectivity index is 1.85. The molecule has 0 spiro atoms. The monoisotopic (exact) mass is 382 g/mol. The average Bonchev–Trinajstić information content (AvgIpc) is 3.13. The number of benzene rings is 1. The number of thiophene rings is 1. The second-order valence-corrected chi connectivity index (χ2v) is 6.65. The summed E-state index contributed by atoms with van der Waals surface area (Å²) in [6.07, 6.45) is -1.53. The Labute approximate surface area is 152 Å². The predicted octanol–water partition coefficient (Wildman–Crippen LogP) is 4.26. The first kappa shape index (κ1) is 18.5. The van der Waals surface area contributed by atoms with Crippen LogP contribution < -0.4 is 10.2 Å². The van der Waals surface area contributed by atoms with Crippen molar-refractivity contribution in [3.05, 3.63) is 52.2 Å². The molecule has 1 fully saturated rings. The molecular weight excluding hydrogens is 365 g/mol. The minimum Gasteiger partial charge on any atom is -0.378 e. The largest absolute Gasteiger partial charge is 0.416 e. The van der Waals surface area contributed by atoms with Gasteiger partial charge in [0.05, 0.1) is 30.2 Å². The molecule has 0 atom stereocenters. The topological polar surface area (TPSA) is 41.6 Å². The lowest BCUT2D eigenvalue weighted by Gasteiger charge is -2.30. The molecule has 0 unspecified atom stereocenters. The molecule has 1 amide bonds. The van der Waals surface area contributed by atoms with Crippen LogP contribution in [0.25, 0.3) is 6.08 Å². The van der Waals surface area contributed by atoms with Crippen LogP contribution in [0, 0.1) is 0 Å². The fraction of sp³-hybridized carbons (Fsp3) is 0.278.